The topological polar surface area (TPSA) is 92.5 Å². The quantitative estimate of drug-likeness (QED) is 0.684. The van der Waals surface area contributed by atoms with Crippen LogP contribution in [0.4, 0.5) is 0 Å². The highest BCUT2D eigenvalue weighted by Crippen LogP contribution is 2.21. The first-order valence-electron chi connectivity index (χ1n) is 7.47. The second-order valence-electron chi connectivity index (χ2n) is 5.27. The van der Waals surface area contributed by atoms with E-state index in [9.17, 15) is 13.2 Å². The van der Waals surface area contributed by atoms with Gasteiger partial charge in [-0.15, -0.1) is 12.4 Å². The maximum absolute atomic E-state index is 12.3. The number of unbranched alkanes of at least 4 members (excludes halogenated alkanes) is 1. The van der Waals surface area contributed by atoms with Gasteiger partial charge in [-0.3, -0.25) is 4.79 Å². The lowest BCUT2D eigenvalue weighted by molar-refractivity contribution is -0.121. The SMILES string of the molecule is CCCCS(=O)(=O)N1CCCCC1CNC(=O)CCN.Cl. The summed E-state index contributed by atoms with van der Waals surface area (Å²) in [6.07, 6.45) is 4.56. The van der Waals surface area contributed by atoms with Crippen LogP contribution in [0.5, 0.6) is 0 Å². The first-order chi connectivity index (χ1) is 9.51. The molecule has 1 fully saturated rings. The number of nitrogens with one attached hydrogen (secondary N) is 1. The van der Waals surface area contributed by atoms with Gasteiger partial charge in [0, 0.05) is 32.1 Å². The molecule has 0 aromatic carbocycles. The van der Waals surface area contributed by atoms with Gasteiger partial charge in [-0.1, -0.05) is 19.8 Å². The summed E-state index contributed by atoms with van der Waals surface area (Å²) < 4.78 is 26.2. The van der Waals surface area contributed by atoms with E-state index < -0.39 is 10.0 Å². The Labute approximate surface area is 134 Å². The van der Waals surface area contributed by atoms with Crippen molar-refractivity contribution in [3.8, 4) is 0 Å². The number of sulfonamides is 1. The Balaban J connectivity index is 0.00000400. The van der Waals surface area contributed by atoms with Gasteiger partial charge in [-0.25, -0.2) is 8.42 Å². The summed E-state index contributed by atoms with van der Waals surface area (Å²) in [4.78, 5) is 11.5. The summed E-state index contributed by atoms with van der Waals surface area (Å²) in [5, 5.41) is 2.79. The van der Waals surface area contributed by atoms with Gasteiger partial charge in [0.1, 0.15) is 0 Å². The Morgan fingerprint density at radius 1 is 1.38 bits per heavy atom. The van der Waals surface area contributed by atoms with Gasteiger partial charge in [-0.05, 0) is 19.3 Å². The maximum atomic E-state index is 12.3. The summed E-state index contributed by atoms with van der Waals surface area (Å²) in [6, 6.07) is -0.104. The minimum atomic E-state index is -3.20. The van der Waals surface area contributed by atoms with E-state index in [1.807, 2.05) is 6.92 Å². The number of nitrogens with zero attached hydrogens (tertiary/aromatic N) is 1. The summed E-state index contributed by atoms with van der Waals surface area (Å²) in [5.41, 5.74) is 5.32. The highest BCUT2D eigenvalue weighted by Gasteiger charge is 2.31. The highest BCUT2D eigenvalue weighted by atomic mass is 35.5. The number of carbonyl (C=O) groups is 1. The molecule has 1 saturated heterocycles. The smallest absolute Gasteiger partial charge is 0.221 e. The van der Waals surface area contributed by atoms with Crippen molar-refractivity contribution >= 4 is 28.3 Å². The molecule has 8 heteroatoms. The van der Waals surface area contributed by atoms with E-state index in [1.165, 1.54) is 0 Å². The molecule has 1 heterocycles. The average molecular weight is 342 g/mol. The van der Waals surface area contributed by atoms with Crippen molar-refractivity contribution in [2.24, 2.45) is 5.73 Å². The van der Waals surface area contributed by atoms with Crippen LogP contribution in [0, 0.1) is 0 Å². The number of amides is 1. The van der Waals surface area contributed by atoms with Crippen LogP contribution in [0.1, 0.15) is 45.4 Å². The molecule has 6 nitrogen and oxygen atoms in total. The van der Waals surface area contributed by atoms with Crippen molar-refractivity contribution in [1.82, 2.24) is 9.62 Å². The molecule has 0 radical (unpaired) electrons. The van der Waals surface area contributed by atoms with Crippen molar-refractivity contribution in [3.63, 3.8) is 0 Å². The van der Waals surface area contributed by atoms with Crippen molar-refractivity contribution in [3.05, 3.63) is 0 Å². The molecule has 126 valence electrons. The van der Waals surface area contributed by atoms with Gasteiger partial charge in [0.25, 0.3) is 0 Å². The van der Waals surface area contributed by atoms with Crippen molar-refractivity contribution in [1.29, 1.82) is 0 Å². The van der Waals surface area contributed by atoms with E-state index in [-0.39, 0.29) is 36.5 Å². The molecule has 3 N–H and O–H groups in total. The average Bonchev–Trinajstić information content (AvgIpc) is 2.43. The molecule has 1 aliphatic heterocycles. The molecule has 0 saturated carbocycles. The minimum absolute atomic E-state index is 0. The first kappa shape index (κ1) is 20.6. The Morgan fingerprint density at radius 2 is 2.10 bits per heavy atom. The first-order valence-corrected chi connectivity index (χ1v) is 9.08. The van der Waals surface area contributed by atoms with Crippen molar-refractivity contribution in [2.75, 3.05) is 25.4 Å². The summed E-state index contributed by atoms with van der Waals surface area (Å²) in [5.74, 6) is 0.0977. The largest absolute Gasteiger partial charge is 0.354 e. The Hall–Kier alpha value is -0.370. The second-order valence-corrected chi connectivity index (χ2v) is 7.31. The molecule has 1 rings (SSSR count). The van der Waals surface area contributed by atoms with E-state index in [0.717, 1.165) is 25.7 Å². The van der Waals surface area contributed by atoms with E-state index >= 15 is 0 Å². The number of nitrogens with two attached hydrogens (primary N) is 1. The number of halogens is 1. The van der Waals surface area contributed by atoms with E-state index in [1.54, 1.807) is 4.31 Å². The lowest BCUT2D eigenvalue weighted by atomic mass is 10.1. The van der Waals surface area contributed by atoms with Gasteiger partial charge < -0.3 is 11.1 Å². The van der Waals surface area contributed by atoms with Crippen LogP contribution >= 0.6 is 12.4 Å². The summed E-state index contributed by atoms with van der Waals surface area (Å²) >= 11 is 0. The number of hydrogen-bond donors (Lipinski definition) is 2. The van der Waals surface area contributed by atoms with Gasteiger partial charge in [0.2, 0.25) is 15.9 Å². The normalized spacial score (nSPS) is 19.8. The molecule has 0 aromatic rings. The molecule has 1 aliphatic rings. The lowest BCUT2D eigenvalue weighted by Gasteiger charge is -2.34. The molecule has 21 heavy (non-hydrogen) atoms. The number of piperidine rings is 1. The zero-order chi connectivity index (χ0) is 15.0. The molecule has 0 bridgehead atoms. The fourth-order valence-corrected chi connectivity index (χ4v) is 4.37. The second kappa shape index (κ2) is 10.4. The van der Waals surface area contributed by atoms with Crippen LogP contribution in [0.2, 0.25) is 0 Å². The number of rotatable bonds is 8. The van der Waals surface area contributed by atoms with Gasteiger partial charge in [-0.2, -0.15) is 4.31 Å². The van der Waals surface area contributed by atoms with Gasteiger partial charge in [0.15, 0.2) is 0 Å². The predicted molar refractivity (Wildman–Crippen MR) is 87.0 cm³/mol. The Bertz CT molecular complexity index is 403. The van der Waals surface area contributed by atoms with Crippen LogP contribution in [0.25, 0.3) is 0 Å². The standard InChI is InChI=1S/C13H27N3O3S.ClH/c1-2-3-10-20(18,19)16-9-5-4-6-12(16)11-15-13(17)7-8-14;/h12H,2-11,14H2,1H3,(H,15,17);1H. The molecule has 0 aliphatic carbocycles. The minimum Gasteiger partial charge on any atom is -0.354 e. The number of carbonyl (C=O) groups excluding carboxylic acids is 1. The monoisotopic (exact) mass is 341 g/mol. The van der Waals surface area contributed by atoms with E-state index in [0.29, 0.717) is 26.1 Å². The fourth-order valence-electron chi connectivity index (χ4n) is 2.44. The molecule has 0 aromatic heterocycles. The van der Waals surface area contributed by atoms with Crippen LogP contribution in [0.3, 0.4) is 0 Å². The van der Waals surface area contributed by atoms with Crippen LogP contribution in [-0.4, -0.2) is 50.1 Å². The third-order valence-electron chi connectivity index (χ3n) is 3.59. The zero-order valence-electron chi connectivity index (χ0n) is 12.7. The van der Waals surface area contributed by atoms with Crippen molar-refractivity contribution < 1.29 is 13.2 Å². The fraction of sp³-hybridized carbons (Fsp3) is 0.923. The molecule has 0 spiro atoms. The molecular weight excluding hydrogens is 314 g/mol. The maximum Gasteiger partial charge on any atom is 0.221 e. The molecule has 1 amide bonds. The summed E-state index contributed by atoms with van der Waals surface area (Å²) in [6.45, 7) is 3.26. The predicted octanol–water partition coefficient (Wildman–Crippen LogP) is 0.858. The molecule has 1 unspecified atom stereocenters. The van der Waals surface area contributed by atoms with Crippen LogP contribution < -0.4 is 11.1 Å². The van der Waals surface area contributed by atoms with Gasteiger partial charge in [0.05, 0.1) is 5.75 Å². The molecular formula is C13H28ClN3O3S. The third kappa shape index (κ3) is 6.95. The lowest BCUT2D eigenvalue weighted by Crippen LogP contribution is -2.50. The third-order valence-corrected chi connectivity index (χ3v) is 5.59. The zero-order valence-corrected chi connectivity index (χ0v) is 14.3. The van der Waals surface area contributed by atoms with Crippen LogP contribution in [-0.2, 0) is 14.8 Å². The van der Waals surface area contributed by atoms with Crippen molar-refractivity contribution in [2.45, 2.75) is 51.5 Å². The summed E-state index contributed by atoms with van der Waals surface area (Å²) in [7, 11) is -3.20. The van der Waals surface area contributed by atoms with E-state index in [4.69, 9.17) is 5.73 Å². The van der Waals surface area contributed by atoms with Crippen LogP contribution in [0.15, 0.2) is 0 Å². The van der Waals surface area contributed by atoms with E-state index in [2.05, 4.69) is 5.32 Å². The number of hydrogen-bond acceptors (Lipinski definition) is 4. The Kier molecular flexibility index (Phi) is 10.2. The van der Waals surface area contributed by atoms with Gasteiger partial charge >= 0.3 is 0 Å². The molecule has 1 atom stereocenters. The Morgan fingerprint density at radius 3 is 2.71 bits per heavy atom. The highest BCUT2D eigenvalue weighted by molar-refractivity contribution is 7.89.